The first-order valence-corrected chi connectivity index (χ1v) is 9.13. The molecule has 0 aromatic heterocycles. The fourth-order valence-corrected chi connectivity index (χ4v) is 3.30. The minimum absolute atomic E-state index is 0.00162. The van der Waals surface area contributed by atoms with Crippen molar-refractivity contribution in [2.45, 2.75) is 19.4 Å². The van der Waals surface area contributed by atoms with Crippen LogP contribution in [0.15, 0.2) is 36.4 Å². The zero-order valence-corrected chi connectivity index (χ0v) is 15.6. The van der Waals surface area contributed by atoms with Gasteiger partial charge in [-0.15, -0.1) is 0 Å². The molecule has 1 atom stereocenters. The lowest BCUT2D eigenvalue weighted by Crippen LogP contribution is -2.39. The Bertz CT molecular complexity index is 919. The molecule has 3 N–H and O–H groups in total. The Labute approximate surface area is 163 Å². The van der Waals surface area contributed by atoms with Gasteiger partial charge in [-0.3, -0.25) is 9.59 Å². The van der Waals surface area contributed by atoms with Gasteiger partial charge < -0.3 is 15.5 Å². The van der Waals surface area contributed by atoms with Gasteiger partial charge in [-0.25, -0.2) is 13.6 Å². The van der Waals surface area contributed by atoms with E-state index in [2.05, 4.69) is 5.32 Å². The third kappa shape index (κ3) is 5.53. The van der Waals surface area contributed by atoms with Crippen molar-refractivity contribution in [3.8, 4) is 16.9 Å². The number of thioether (sulfide) groups is 1. The summed E-state index contributed by atoms with van der Waals surface area (Å²) < 4.78 is 27.0. The Morgan fingerprint density at radius 2 is 1.86 bits per heavy atom. The second kappa shape index (κ2) is 9.32. The number of phenols is 1. The normalized spacial score (nSPS) is 11.7. The van der Waals surface area contributed by atoms with E-state index in [0.29, 0.717) is 6.07 Å². The van der Waals surface area contributed by atoms with E-state index in [4.69, 9.17) is 5.11 Å². The second-order valence-electron chi connectivity index (χ2n) is 5.87. The summed E-state index contributed by atoms with van der Waals surface area (Å²) in [5.74, 6) is -3.52. The van der Waals surface area contributed by atoms with Crippen LogP contribution in [0.4, 0.5) is 8.78 Å². The molecule has 0 spiro atoms. The fraction of sp³-hybridized carbons (Fsp3) is 0.211. The summed E-state index contributed by atoms with van der Waals surface area (Å²) in [6.45, 7) is 1.19. The van der Waals surface area contributed by atoms with Crippen LogP contribution in [0.5, 0.6) is 5.75 Å². The summed E-state index contributed by atoms with van der Waals surface area (Å²) in [7, 11) is 0. The molecule has 1 unspecified atom stereocenters. The second-order valence-corrected chi connectivity index (χ2v) is 6.94. The molecule has 0 radical (unpaired) electrons. The topological polar surface area (TPSA) is 104 Å². The van der Waals surface area contributed by atoms with Crippen molar-refractivity contribution in [3.63, 3.8) is 0 Å². The number of halogens is 2. The van der Waals surface area contributed by atoms with Crippen molar-refractivity contribution in [1.82, 2.24) is 5.32 Å². The average Bonchev–Trinajstić information content (AvgIpc) is 2.61. The lowest BCUT2D eigenvalue weighted by molar-refractivity contribution is -0.141. The van der Waals surface area contributed by atoms with Crippen molar-refractivity contribution in [2.75, 3.05) is 5.75 Å². The van der Waals surface area contributed by atoms with Crippen molar-refractivity contribution >= 4 is 28.8 Å². The quantitative estimate of drug-likeness (QED) is 0.649. The van der Waals surface area contributed by atoms with Crippen LogP contribution in [0, 0.1) is 11.6 Å². The Morgan fingerprint density at radius 1 is 1.14 bits per heavy atom. The summed E-state index contributed by atoms with van der Waals surface area (Å²) in [6.07, 6.45) is -0.00162. The van der Waals surface area contributed by atoms with E-state index in [9.17, 15) is 28.3 Å². The molecule has 9 heteroatoms. The lowest BCUT2D eigenvalue weighted by atomic mass is 10.0. The summed E-state index contributed by atoms with van der Waals surface area (Å²) >= 11 is 0.760. The van der Waals surface area contributed by atoms with Crippen LogP contribution in [-0.4, -0.2) is 39.0 Å². The third-order valence-corrected chi connectivity index (χ3v) is 4.70. The maximum absolute atomic E-state index is 14.0. The minimum Gasteiger partial charge on any atom is -0.507 e. The van der Waals surface area contributed by atoms with Crippen LogP contribution in [0.2, 0.25) is 0 Å². The van der Waals surface area contributed by atoms with Gasteiger partial charge in [0, 0.05) is 24.3 Å². The standard InChI is InChI=1S/C19H17F2NO5S/c1-10(23)22-16(18(25)26)6-7-28-19(27)14-8-11(2-5-17(14)24)13-4-3-12(20)9-15(13)21/h2-5,8-9,16,24H,6-7H2,1H3,(H,22,23)(H,25,26). The van der Waals surface area contributed by atoms with Gasteiger partial charge >= 0.3 is 5.97 Å². The monoisotopic (exact) mass is 409 g/mol. The molecule has 0 saturated carbocycles. The highest BCUT2D eigenvalue weighted by molar-refractivity contribution is 8.14. The molecule has 28 heavy (non-hydrogen) atoms. The highest BCUT2D eigenvalue weighted by atomic mass is 32.2. The molecule has 0 aliphatic rings. The van der Waals surface area contributed by atoms with Crippen LogP contribution >= 0.6 is 11.8 Å². The van der Waals surface area contributed by atoms with E-state index in [1.54, 1.807) is 0 Å². The van der Waals surface area contributed by atoms with Crippen molar-refractivity contribution in [3.05, 3.63) is 53.6 Å². The lowest BCUT2D eigenvalue weighted by Gasteiger charge is -2.12. The Balaban J connectivity index is 2.13. The van der Waals surface area contributed by atoms with Crippen LogP contribution in [0.25, 0.3) is 11.1 Å². The van der Waals surface area contributed by atoms with Crippen molar-refractivity contribution < 1.29 is 33.4 Å². The summed E-state index contributed by atoms with van der Waals surface area (Å²) in [4.78, 5) is 34.5. The zero-order valence-electron chi connectivity index (χ0n) is 14.7. The number of rotatable bonds is 7. The van der Waals surface area contributed by atoms with Gasteiger partial charge in [-0.05, 0) is 36.2 Å². The minimum atomic E-state index is -1.22. The Morgan fingerprint density at radius 3 is 2.46 bits per heavy atom. The molecule has 6 nitrogen and oxygen atoms in total. The van der Waals surface area contributed by atoms with Crippen LogP contribution in [0.3, 0.4) is 0 Å². The molecule has 0 saturated heterocycles. The molecule has 148 valence electrons. The number of carbonyl (C=O) groups excluding carboxylic acids is 2. The number of hydrogen-bond acceptors (Lipinski definition) is 5. The average molecular weight is 409 g/mol. The molecular formula is C19H17F2NO5S. The summed E-state index contributed by atoms with van der Waals surface area (Å²) in [6, 6.07) is 5.79. The number of amides is 1. The Hall–Kier alpha value is -2.94. The third-order valence-electron chi connectivity index (χ3n) is 3.77. The highest BCUT2D eigenvalue weighted by Gasteiger charge is 2.20. The number of aromatic hydroxyl groups is 1. The molecule has 0 heterocycles. The van der Waals surface area contributed by atoms with E-state index in [0.717, 1.165) is 17.8 Å². The SMILES string of the molecule is CC(=O)NC(CCSC(=O)c1cc(-c2ccc(F)cc2F)ccc1O)C(=O)O. The summed E-state index contributed by atoms with van der Waals surface area (Å²) in [5.41, 5.74) is 0.260. The predicted molar refractivity (Wildman–Crippen MR) is 100 cm³/mol. The molecule has 0 fully saturated rings. The van der Waals surface area contributed by atoms with Crippen LogP contribution in [0.1, 0.15) is 23.7 Å². The van der Waals surface area contributed by atoms with E-state index < -0.39 is 34.7 Å². The largest absolute Gasteiger partial charge is 0.507 e. The van der Waals surface area contributed by atoms with E-state index in [1.165, 1.54) is 31.2 Å². The maximum Gasteiger partial charge on any atom is 0.326 e. The highest BCUT2D eigenvalue weighted by Crippen LogP contribution is 2.30. The number of carboxylic acids is 1. The zero-order chi connectivity index (χ0) is 20.8. The first-order valence-electron chi connectivity index (χ1n) is 8.14. The number of benzene rings is 2. The molecular weight excluding hydrogens is 392 g/mol. The molecule has 0 bridgehead atoms. The first kappa shape index (κ1) is 21.4. The Kier molecular flexibility index (Phi) is 7.11. The van der Waals surface area contributed by atoms with Gasteiger partial charge in [0.15, 0.2) is 0 Å². The predicted octanol–water partition coefficient (Wildman–Crippen LogP) is 3.19. The number of carboxylic acid groups (broad SMARTS) is 1. The van der Waals surface area contributed by atoms with Crippen LogP contribution < -0.4 is 5.32 Å². The van der Waals surface area contributed by atoms with Gasteiger partial charge in [0.05, 0.1) is 5.56 Å². The number of aliphatic carboxylic acids is 1. The smallest absolute Gasteiger partial charge is 0.326 e. The number of nitrogens with one attached hydrogen (secondary N) is 1. The number of phenolic OH excluding ortho intramolecular Hbond substituents is 1. The van der Waals surface area contributed by atoms with Gasteiger partial charge in [0.1, 0.15) is 23.4 Å². The summed E-state index contributed by atoms with van der Waals surface area (Å²) in [5, 5.41) is 20.7. The van der Waals surface area contributed by atoms with Crippen molar-refractivity contribution in [2.24, 2.45) is 0 Å². The van der Waals surface area contributed by atoms with Gasteiger partial charge in [0.25, 0.3) is 0 Å². The van der Waals surface area contributed by atoms with E-state index in [1.807, 2.05) is 0 Å². The first-order chi connectivity index (χ1) is 13.2. The van der Waals surface area contributed by atoms with Gasteiger partial charge in [-0.2, -0.15) is 0 Å². The van der Waals surface area contributed by atoms with Crippen LogP contribution in [-0.2, 0) is 9.59 Å². The van der Waals surface area contributed by atoms with Gasteiger partial charge in [0.2, 0.25) is 11.0 Å². The van der Waals surface area contributed by atoms with E-state index in [-0.39, 0.29) is 34.6 Å². The molecule has 2 rings (SSSR count). The maximum atomic E-state index is 14.0. The molecule has 2 aromatic carbocycles. The number of carbonyl (C=O) groups is 3. The molecule has 0 aliphatic carbocycles. The number of hydrogen-bond donors (Lipinski definition) is 3. The van der Waals surface area contributed by atoms with Gasteiger partial charge in [-0.1, -0.05) is 17.8 Å². The molecule has 1 amide bonds. The van der Waals surface area contributed by atoms with E-state index >= 15 is 0 Å². The molecule has 2 aromatic rings. The fourth-order valence-electron chi connectivity index (χ4n) is 2.44. The van der Waals surface area contributed by atoms with Crippen molar-refractivity contribution in [1.29, 1.82) is 0 Å². The molecule has 0 aliphatic heterocycles.